The van der Waals surface area contributed by atoms with Gasteiger partial charge < -0.3 is 10.0 Å². The van der Waals surface area contributed by atoms with Gasteiger partial charge in [0, 0.05) is 29.8 Å². The SMILES string of the molecule is CS(=O)(=O)Nc1ccc(-c2nc(NC(=O)N(CCC(c3ccccc3)c3ccccc3)[C@H]3CC[C@H](C(=O)O)CC3)sc2Cl)cc1. The molecule has 0 radical (unpaired) electrons. The van der Waals surface area contributed by atoms with Crippen LogP contribution in [0, 0.1) is 5.92 Å². The summed E-state index contributed by atoms with van der Waals surface area (Å²) in [6.45, 7) is 0.462. The Bertz CT molecular complexity index is 1670. The molecule has 0 spiro atoms. The molecule has 2 amide bonds. The number of benzene rings is 3. The first-order valence-electron chi connectivity index (χ1n) is 14.7. The normalized spacial score (nSPS) is 16.7. The van der Waals surface area contributed by atoms with Gasteiger partial charge in [-0.05, 0) is 55.4 Å². The number of hydrogen-bond donors (Lipinski definition) is 3. The second kappa shape index (κ2) is 14.4. The molecule has 3 aromatic carbocycles. The van der Waals surface area contributed by atoms with Gasteiger partial charge in [0.25, 0.3) is 0 Å². The Morgan fingerprint density at radius 3 is 2.07 bits per heavy atom. The van der Waals surface area contributed by atoms with Crippen molar-refractivity contribution in [3.05, 3.63) is 100 Å². The average molecular weight is 667 g/mol. The number of nitrogens with one attached hydrogen (secondary N) is 2. The van der Waals surface area contributed by atoms with Gasteiger partial charge in [-0.1, -0.05) is 95.7 Å². The molecule has 1 aromatic heterocycles. The minimum Gasteiger partial charge on any atom is -0.481 e. The maximum Gasteiger partial charge on any atom is 0.323 e. The number of aromatic nitrogens is 1. The summed E-state index contributed by atoms with van der Waals surface area (Å²) in [6, 6.07) is 26.7. The first kappa shape index (κ1) is 32.5. The highest BCUT2D eigenvalue weighted by Gasteiger charge is 2.32. The van der Waals surface area contributed by atoms with Crippen molar-refractivity contribution in [3.8, 4) is 11.3 Å². The molecule has 45 heavy (non-hydrogen) atoms. The zero-order valence-electron chi connectivity index (χ0n) is 24.7. The summed E-state index contributed by atoms with van der Waals surface area (Å²) in [5.74, 6) is -1.12. The fraction of sp³-hybridized carbons (Fsp3) is 0.303. The van der Waals surface area contributed by atoms with Crippen LogP contribution in [0.15, 0.2) is 84.9 Å². The molecular weight excluding hydrogens is 632 g/mol. The van der Waals surface area contributed by atoms with E-state index in [1.165, 1.54) is 0 Å². The van der Waals surface area contributed by atoms with E-state index in [-0.39, 0.29) is 18.0 Å². The Balaban J connectivity index is 1.35. The number of carbonyl (C=O) groups is 2. The van der Waals surface area contributed by atoms with Gasteiger partial charge in [-0.15, -0.1) is 0 Å². The number of halogens is 1. The lowest BCUT2D eigenvalue weighted by Crippen LogP contribution is -2.46. The number of thiazole rings is 1. The molecule has 0 aliphatic heterocycles. The maximum atomic E-state index is 13.9. The smallest absolute Gasteiger partial charge is 0.323 e. The van der Waals surface area contributed by atoms with Crippen LogP contribution in [0.3, 0.4) is 0 Å². The second-order valence-electron chi connectivity index (χ2n) is 11.2. The largest absolute Gasteiger partial charge is 0.481 e. The van der Waals surface area contributed by atoms with E-state index in [9.17, 15) is 23.1 Å². The number of carbonyl (C=O) groups excluding carboxylic acids is 1. The number of anilines is 2. The molecule has 0 saturated heterocycles. The van der Waals surface area contributed by atoms with Crippen LogP contribution in [0.25, 0.3) is 11.3 Å². The molecule has 1 saturated carbocycles. The van der Waals surface area contributed by atoms with Crippen LogP contribution < -0.4 is 10.0 Å². The lowest BCUT2D eigenvalue weighted by molar-refractivity contribution is -0.143. The van der Waals surface area contributed by atoms with Crippen LogP contribution in [0.5, 0.6) is 0 Å². The van der Waals surface area contributed by atoms with Gasteiger partial charge in [0.1, 0.15) is 10.0 Å². The van der Waals surface area contributed by atoms with E-state index in [1.807, 2.05) is 41.3 Å². The van der Waals surface area contributed by atoms with E-state index in [4.69, 9.17) is 11.6 Å². The lowest BCUT2D eigenvalue weighted by Gasteiger charge is -2.36. The van der Waals surface area contributed by atoms with Crippen LogP contribution >= 0.6 is 22.9 Å². The fourth-order valence-electron chi connectivity index (χ4n) is 5.86. The topological polar surface area (TPSA) is 129 Å². The molecule has 5 rings (SSSR count). The predicted octanol–water partition coefficient (Wildman–Crippen LogP) is 7.53. The molecule has 236 valence electrons. The van der Waals surface area contributed by atoms with E-state index in [0.29, 0.717) is 65.1 Å². The van der Waals surface area contributed by atoms with Gasteiger partial charge >= 0.3 is 12.0 Å². The van der Waals surface area contributed by atoms with Crippen molar-refractivity contribution in [2.45, 2.75) is 44.1 Å². The predicted molar refractivity (Wildman–Crippen MR) is 179 cm³/mol. The summed E-state index contributed by atoms with van der Waals surface area (Å²) < 4.78 is 25.9. The molecule has 9 nitrogen and oxygen atoms in total. The van der Waals surface area contributed by atoms with Gasteiger partial charge in [-0.3, -0.25) is 14.8 Å². The lowest BCUT2D eigenvalue weighted by atomic mass is 9.84. The summed E-state index contributed by atoms with van der Waals surface area (Å²) in [5, 5.41) is 12.8. The van der Waals surface area contributed by atoms with Gasteiger partial charge in [-0.2, -0.15) is 0 Å². The van der Waals surface area contributed by atoms with Gasteiger partial charge in [0.05, 0.1) is 12.2 Å². The highest BCUT2D eigenvalue weighted by Crippen LogP contribution is 2.37. The number of sulfonamides is 1. The monoisotopic (exact) mass is 666 g/mol. The number of urea groups is 1. The van der Waals surface area contributed by atoms with Crippen molar-refractivity contribution in [2.24, 2.45) is 5.92 Å². The summed E-state index contributed by atoms with van der Waals surface area (Å²) in [6.07, 6.45) is 3.99. The van der Waals surface area contributed by atoms with Crippen molar-refractivity contribution >= 4 is 55.8 Å². The summed E-state index contributed by atoms with van der Waals surface area (Å²) >= 11 is 7.69. The average Bonchev–Trinajstić information content (AvgIpc) is 3.39. The summed E-state index contributed by atoms with van der Waals surface area (Å²) in [4.78, 5) is 31.9. The van der Waals surface area contributed by atoms with Gasteiger partial charge in [0.2, 0.25) is 10.0 Å². The van der Waals surface area contributed by atoms with Crippen molar-refractivity contribution < 1.29 is 23.1 Å². The van der Waals surface area contributed by atoms with Gasteiger partial charge in [-0.25, -0.2) is 18.2 Å². The quantitative estimate of drug-likeness (QED) is 0.152. The Kier molecular flexibility index (Phi) is 10.4. The molecule has 0 bridgehead atoms. The van der Waals surface area contributed by atoms with E-state index >= 15 is 0 Å². The zero-order valence-corrected chi connectivity index (χ0v) is 27.1. The number of rotatable bonds is 11. The molecule has 0 unspecified atom stereocenters. The Morgan fingerprint density at radius 1 is 0.956 bits per heavy atom. The van der Waals surface area contributed by atoms with Crippen molar-refractivity contribution in [2.75, 3.05) is 22.8 Å². The first-order chi connectivity index (χ1) is 21.6. The third-order valence-corrected chi connectivity index (χ3v) is 9.85. The Labute approximate surface area is 272 Å². The second-order valence-corrected chi connectivity index (χ2v) is 14.6. The van der Waals surface area contributed by atoms with Crippen LogP contribution in [0.4, 0.5) is 15.6 Å². The number of aliphatic carboxylic acids is 1. The molecule has 12 heteroatoms. The van der Waals surface area contributed by atoms with Crippen molar-refractivity contribution in [3.63, 3.8) is 0 Å². The Hall–Kier alpha value is -3.93. The van der Waals surface area contributed by atoms with E-state index < -0.39 is 21.9 Å². The van der Waals surface area contributed by atoms with E-state index in [1.54, 1.807) is 24.3 Å². The summed E-state index contributed by atoms with van der Waals surface area (Å²) in [7, 11) is -3.41. The minimum absolute atomic E-state index is 0.0686. The Morgan fingerprint density at radius 2 is 1.53 bits per heavy atom. The van der Waals surface area contributed by atoms with E-state index in [2.05, 4.69) is 39.3 Å². The van der Waals surface area contributed by atoms with Crippen molar-refractivity contribution in [1.29, 1.82) is 0 Å². The van der Waals surface area contributed by atoms with Crippen molar-refractivity contribution in [1.82, 2.24) is 9.88 Å². The molecule has 1 fully saturated rings. The fourth-order valence-corrected chi connectivity index (χ4v) is 7.50. The minimum atomic E-state index is -3.41. The molecule has 4 aromatic rings. The zero-order chi connectivity index (χ0) is 32.0. The van der Waals surface area contributed by atoms with Gasteiger partial charge in [0.15, 0.2) is 5.13 Å². The molecular formula is C33H35ClN4O5S2. The molecule has 0 atom stereocenters. The summed E-state index contributed by atoms with van der Waals surface area (Å²) in [5.41, 5.74) is 3.89. The van der Waals surface area contributed by atoms with Crippen LogP contribution in [-0.4, -0.2) is 54.3 Å². The molecule has 3 N–H and O–H groups in total. The number of carboxylic acids is 1. The van der Waals surface area contributed by atoms with Crippen LogP contribution in [-0.2, 0) is 14.8 Å². The van der Waals surface area contributed by atoms with E-state index in [0.717, 1.165) is 28.7 Å². The molecule has 1 heterocycles. The number of hydrogen-bond acceptors (Lipinski definition) is 6. The van der Waals surface area contributed by atoms with Crippen LogP contribution in [0.2, 0.25) is 4.34 Å². The highest BCUT2D eigenvalue weighted by atomic mass is 35.5. The molecule has 1 aliphatic carbocycles. The standard InChI is InChI=1S/C33H35ClN4O5S2/c1-45(42,43)37-26-16-12-24(13-17-26)29-30(34)44-32(35-29)36-33(41)38(27-18-14-25(15-19-27)31(39)40)21-20-28(22-8-4-2-5-9-22)23-10-6-3-7-11-23/h2-13,16-17,25,27-28,37H,14-15,18-21H2,1H3,(H,39,40)(H,35,36,41)/t25-,27-. The first-order valence-corrected chi connectivity index (χ1v) is 17.8. The number of carboxylic acid groups (broad SMARTS) is 1. The van der Waals surface area contributed by atoms with Crippen LogP contribution in [0.1, 0.15) is 49.1 Å². The number of nitrogens with zero attached hydrogens (tertiary/aromatic N) is 2. The number of amides is 2. The highest BCUT2D eigenvalue weighted by molar-refractivity contribution is 7.92. The maximum absolute atomic E-state index is 13.9. The third kappa shape index (κ3) is 8.62. The molecule has 1 aliphatic rings. The third-order valence-electron chi connectivity index (χ3n) is 8.07.